The average Bonchev–Trinajstić information content (AvgIpc) is 2.48. The van der Waals surface area contributed by atoms with Gasteiger partial charge in [0.2, 0.25) is 0 Å². The molecule has 0 amide bonds. The topological polar surface area (TPSA) is 64.9 Å². The number of anilines is 1. The van der Waals surface area contributed by atoms with Crippen LogP contribution >= 0.6 is 0 Å². The Labute approximate surface area is 77.7 Å². The predicted molar refractivity (Wildman–Crippen MR) is 45.9 cm³/mol. The molecule has 0 fully saturated rings. The minimum atomic E-state index is -2.62. The molecule has 0 unspecified atom stereocenters. The van der Waals surface area contributed by atoms with E-state index in [1.54, 1.807) is 6.92 Å². The Morgan fingerprint density at radius 1 is 1.50 bits per heavy atom. The largest absolute Gasteiger partial charge is 0.380 e. The van der Waals surface area contributed by atoms with Crippen LogP contribution in [0.15, 0.2) is 10.6 Å². The van der Waals surface area contributed by atoms with Crippen LogP contribution in [-0.4, -0.2) is 10.1 Å². The molecule has 0 aliphatic heterocycles. The molecule has 0 radical (unpaired) electrons. The first-order chi connectivity index (χ1) is 6.59. The summed E-state index contributed by atoms with van der Waals surface area (Å²) in [7, 11) is 0. The zero-order valence-electron chi connectivity index (χ0n) is 7.29. The molecular weight excluding hydrogens is 192 g/mol. The number of aromatic nitrogens is 2. The number of nitrogens with zero attached hydrogens (tertiary/aromatic N) is 2. The molecule has 4 nitrogen and oxygen atoms in total. The molecule has 14 heavy (non-hydrogen) atoms. The summed E-state index contributed by atoms with van der Waals surface area (Å²) >= 11 is 0. The molecule has 74 valence electrons. The first-order valence-corrected chi connectivity index (χ1v) is 3.90. The molecule has 0 saturated carbocycles. The second kappa shape index (κ2) is 2.90. The van der Waals surface area contributed by atoms with Gasteiger partial charge in [-0.1, -0.05) is 5.16 Å². The number of halogens is 2. The third-order valence-electron chi connectivity index (χ3n) is 1.90. The summed E-state index contributed by atoms with van der Waals surface area (Å²) in [5, 5.41) is 3.86. The molecule has 0 saturated heterocycles. The quantitative estimate of drug-likeness (QED) is 0.763. The van der Waals surface area contributed by atoms with E-state index in [1.807, 2.05) is 0 Å². The molecular formula is C8H7F2N3O. The summed E-state index contributed by atoms with van der Waals surface area (Å²) in [6, 6.07) is 1.19. The monoisotopic (exact) mass is 199 g/mol. The standard InChI is InChI=1S/C8H7F2N3O/c1-3-6-4(8(11)13-14-6)2-5(12-3)7(9)10/h2,7H,1H3,(H2,11,13). The van der Waals surface area contributed by atoms with Gasteiger partial charge in [0.25, 0.3) is 6.43 Å². The zero-order valence-corrected chi connectivity index (χ0v) is 7.29. The van der Waals surface area contributed by atoms with Crippen molar-refractivity contribution in [3.05, 3.63) is 17.5 Å². The Hall–Kier alpha value is -1.72. The van der Waals surface area contributed by atoms with Gasteiger partial charge in [-0.2, -0.15) is 0 Å². The van der Waals surface area contributed by atoms with Gasteiger partial charge < -0.3 is 10.3 Å². The van der Waals surface area contributed by atoms with Crippen molar-refractivity contribution in [1.29, 1.82) is 0 Å². The Kier molecular flexibility index (Phi) is 1.83. The molecule has 2 N–H and O–H groups in total. The van der Waals surface area contributed by atoms with Gasteiger partial charge in [0, 0.05) is 0 Å². The van der Waals surface area contributed by atoms with E-state index in [4.69, 9.17) is 10.3 Å². The Balaban J connectivity index is 2.75. The second-order valence-corrected chi connectivity index (χ2v) is 2.88. The number of pyridine rings is 1. The number of nitrogen functional groups attached to an aromatic ring is 1. The molecule has 0 aromatic carbocycles. The average molecular weight is 199 g/mol. The van der Waals surface area contributed by atoms with E-state index in [9.17, 15) is 8.78 Å². The van der Waals surface area contributed by atoms with E-state index in [0.29, 0.717) is 16.7 Å². The number of hydrogen-bond donors (Lipinski definition) is 1. The normalized spacial score (nSPS) is 11.4. The van der Waals surface area contributed by atoms with Gasteiger partial charge in [-0.25, -0.2) is 13.8 Å². The minimum absolute atomic E-state index is 0.104. The fraction of sp³-hybridized carbons (Fsp3) is 0.250. The summed E-state index contributed by atoms with van der Waals surface area (Å²) in [6.07, 6.45) is -2.62. The maximum atomic E-state index is 12.4. The highest BCUT2D eigenvalue weighted by Crippen LogP contribution is 2.27. The number of rotatable bonds is 1. The second-order valence-electron chi connectivity index (χ2n) is 2.88. The Morgan fingerprint density at radius 3 is 2.86 bits per heavy atom. The van der Waals surface area contributed by atoms with Crippen LogP contribution in [0.1, 0.15) is 17.8 Å². The molecule has 6 heteroatoms. The lowest BCUT2D eigenvalue weighted by atomic mass is 10.2. The number of hydrogen-bond acceptors (Lipinski definition) is 4. The zero-order chi connectivity index (χ0) is 10.3. The fourth-order valence-electron chi connectivity index (χ4n) is 1.25. The van der Waals surface area contributed by atoms with Gasteiger partial charge in [-0.15, -0.1) is 0 Å². The van der Waals surface area contributed by atoms with Crippen molar-refractivity contribution >= 4 is 16.8 Å². The lowest BCUT2D eigenvalue weighted by Crippen LogP contribution is -1.93. The summed E-state index contributed by atoms with van der Waals surface area (Å²) in [5.41, 5.74) is 5.84. The van der Waals surface area contributed by atoms with E-state index in [2.05, 4.69) is 10.1 Å². The van der Waals surface area contributed by atoms with E-state index < -0.39 is 6.43 Å². The third-order valence-corrected chi connectivity index (χ3v) is 1.90. The van der Waals surface area contributed by atoms with Gasteiger partial charge >= 0.3 is 0 Å². The van der Waals surface area contributed by atoms with Gasteiger partial charge in [0.15, 0.2) is 11.4 Å². The lowest BCUT2D eigenvalue weighted by Gasteiger charge is -2.00. The minimum Gasteiger partial charge on any atom is -0.380 e. The van der Waals surface area contributed by atoms with E-state index in [1.165, 1.54) is 6.07 Å². The van der Waals surface area contributed by atoms with Crippen LogP contribution in [0.4, 0.5) is 14.6 Å². The highest BCUT2D eigenvalue weighted by Gasteiger charge is 2.15. The third kappa shape index (κ3) is 1.19. The van der Waals surface area contributed by atoms with Crippen molar-refractivity contribution in [2.24, 2.45) is 0 Å². The Bertz CT molecular complexity index is 481. The van der Waals surface area contributed by atoms with E-state index in [-0.39, 0.29) is 11.5 Å². The lowest BCUT2D eigenvalue weighted by molar-refractivity contribution is 0.146. The van der Waals surface area contributed by atoms with Crippen LogP contribution in [-0.2, 0) is 0 Å². The predicted octanol–water partition coefficient (Wildman–Crippen LogP) is 2.05. The van der Waals surface area contributed by atoms with Crippen molar-refractivity contribution in [2.75, 3.05) is 5.73 Å². The first-order valence-electron chi connectivity index (χ1n) is 3.90. The van der Waals surface area contributed by atoms with Gasteiger partial charge in [-0.05, 0) is 13.0 Å². The fourth-order valence-corrected chi connectivity index (χ4v) is 1.25. The van der Waals surface area contributed by atoms with Crippen molar-refractivity contribution in [3.63, 3.8) is 0 Å². The van der Waals surface area contributed by atoms with Crippen molar-refractivity contribution in [2.45, 2.75) is 13.3 Å². The molecule has 0 bridgehead atoms. The van der Waals surface area contributed by atoms with Crippen molar-refractivity contribution in [1.82, 2.24) is 10.1 Å². The summed E-state index contributed by atoms with van der Waals surface area (Å²) < 4.78 is 29.5. The Morgan fingerprint density at radius 2 is 2.21 bits per heavy atom. The summed E-state index contributed by atoms with van der Waals surface area (Å²) in [5.74, 6) is 0.104. The molecule has 2 heterocycles. The van der Waals surface area contributed by atoms with Crippen LogP contribution in [0.25, 0.3) is 11.0 Å². The number of alkyl halides is 2. The molecule has 0 aliphatic rings. The SMILES string of the molecule is Cc1nc(C(F)F)cc2c(N)noc12. The maximum Gasteiger partial charge on any atom is 0.280 e. The number of aryl methyl sites for hydroxylation is 1. The molecule has 0 atom stereocenters. The van der Waals surface area contributed by atoms with Crippen molar-refractivity contribution in [3.8, 4) is 0 Å². The smallest absolute Gasteiger partial charge is 0.280 e. The highest BCUT2D eigenvalue weighted by atomic mass is 19.3. The number of nitrogens with two attached hydrogens (primary N) is 1. The van der Waals surface area contributed by atoms with E-state index in [0.717, 1.165) is 0 Å². The van der Waals surface area contributed by atoms with E-state index >= 15 is 0 Å². The van der Waals surface area contributed by atoms with Gasteiger partial charge in [-0.3, -0.25) is 0 Å². The molecule has 2 aromatic rings. The molecule has 0 spiro atoms. The van der Waals surface area contributed by atoms with Crippen LogP contribution in [0, 0.1) is 6.92 Å². The molecule has 2 aromatic heterocycles. The van der Waals surface area contributed by atoms with Gasteiger partial charge in [0.1, 0.15) is 5.69 Å². The number of fused-ring (bicyclic) bond motifs is 1. The van der Waals surface area contributed by atoms with Crippen LogP contribution in [0.2, 0.25) is 0 Å². The van der Waals surface area contributed by atoms with Crippen molar-refractivity contribution < 1.29 is 13.3 Å². The first kappa shape index (κ1) is 8.86. The maximum absolute atomic E-state index is 12.4. The van der Waals surface area contributed by atoms with Crippen LogP contribution < -0.4 is 5.73 Å². The highest BCUT2D eigenvalue weighted by molar-refractivity contribution is 5.88. The summed E-state index contributed by atoms with van der Waals surface area (Å²) in [6.45, 7) is 1.57. The van der Waals surface area contributed by atoms with Crippen LogP contribution in [0.3, 0.4) is 0 Å². The van der Waals surface area contributed by atoms with Crippen LogP contribution in [0.5, 0.6) is 0 Å². The molecule has 0 aliphatic carbocycles. The van der Waals surface area contributed by atoms with Gasteiger partial charge in [0.05, 0.1) is 11.1 Å². The molecule has 2 rings (SSSR count). The summed E-state index contributed by atoms with van der Waals surface area (Å²) in [4.78, 5) is 3.67.